The summed E-state index contributed by atoms with van der Waals surface area (Å²) in [6.45, 7) is 3.51. The van der Waals surface area contributed by atoms with E-state index < -0.39 is 12.1 Å². The predicted octanol–water partition coefficient (Wildman–Crippen LogP) is 3.35. The van der Waals surface area contributed by atoms with E-state index in [0.29, 0.717) is 37.4 Å². The number of aromatic nitrogens is 2. The number of anilines is 1. The fourth-order valence-corrected chi connectivity index (χ4v) is 6.43. The molecule has 0 bridgehead atoms. The van der Waals surface area contributed by atoms with Gasteiger partial charge in [-0.3, -0.25) is 23.9 Å². The van der Waals surface area contributed by atoms with Crippen molar-refractivity contribution in [3.8, 4) is 0 Å². The molecule has 244 valence electrons. The molecular formula is C35H45N7O4. The molecule has 4 amide bonds. The van der Waals surface area contributed by atoms with Crippen LogP contribution in [0.1, 0.15) is 73.1 Å². The topological polar surface area (TPSA) is 137 Å². The Labute approximate surface area is 270 Å². The van der Waals surface area contributed by atoms with Crippen LogP contribution in [0, 0.1) is 5.92 Å². The summed E-state index contributed by atoms with van der Waals surface area (Å²) in [5, 5.41) is 16.5. The summed E-state index contributed by atoms with van der Waals surface area (Å²) in [7, 11) is 1.70. The lowest BCUT2D eigenvalue weighted by Crippen LogP contribution is -2.55. The molecule has 3 aromatic rings. The van der Waals surface area contributed by atoms with E-state index in [9.17, 15) is 19.2 Å². The second-order valence-corrected chi connectivity index (χ2v) is 12.3. The van der Waals surface area contributed by atoms with E-state index in [1.54, 1.807) is 38.4 Å². The van der Waals surface area contributed by atoms with E-state index in [-0.39, 0.29) is 42.0 Å². The van der Waals surface area contributed by atoms with Crippen LogP contribution in [0.15, 0.2) is 66.9 Å². The van der Waals surface area contributed by atoms with E-state index in [1.807, 2.05) is 47.4 Å². The third kappa shape index (κ3) is 8.39. The van der Waals surface area contributed by atoms with Gasteiger partial charge in [0.1, 0.15) is 17.8 Å². The molecular weight excluding hydrogens is 582 g/mol. The number of carbonyl (C=O) groups is 4. The number of rotatable bonds is 11. The van der Waals surface area contributed by atoms with Gasteiger partial charge < -0.3 is 26.2 Å². The molecule has 2 aliphatic rings. The van der Waals surface area contributed by atoms with E-state index in [2.05, 4.69) is 26.4 Å². The first kappa shape index (κ1) is 32.9. The molecule has 1 saturated carbocycles. The van der Waals surface area contributed by atoms with Crippen molar-refractivity contribution in [3.05, 3.63) is 83.7 Å². The first-order valence-corrected chi connectivity index (χ1v) is 16.4. The first-order valence-electron chi connectivity index (χ1n) is 16.4. The van der Waals surface area contributed by atoms with Gasteiger partial charge in [-0.25, -0.2) is 0 Å². The smallest absolute Gasteiger partial charge is 0.270 e. The SMILES string of the molecule is CCC(=O)NC(Cc1ccc(NC(=O)C(NC(=O)c2ccnn2C)C2CCCCC2)cc1)C(=O)N1CCN[C@H](c2ccccc2)C1. The summed E-state index contributed by atoms with van der Waals surface area (Å²) in [5.41, 5.74) is 2.97. The highest BCUT2D eigenvalue weighted by Crippen LogP contribution is 2.28. The maximum absolute atomic E-state index is 13.7. The van der Waals surface area contributed by atoms with Gasteiger partial charge in [-0.2, -0.15) is 5.10 Å². The van der Waals surface area contributed by atoms with Crippen molar-refractivity contribution in [1.82, 2.24) is 30.6 Å². The van der Waals surface area contributed by atoms with Crippen LogP contribution in [0.25, 0.3) is 0 Å². The molecule has 1 aliphatic carbocycles. The summed E-state index contributed by atoms with van der Waals surface area (Å²) >= 11 is 0. The van der Waals surface area contributed by atoms with Crippen molar-refractivity contribution < 1.29 is 19.2 Å². The van der Waals surface area contributed by atoms with Crippen LogP contribution < -0.4 is 21.3 Å². The number of carbonyl (C=O) groups excluding carboxylic acids is 4. The molecule has 5 rings (SSSR count). The Hall–Kier alpha value is -4.51. The van der Waals surface area contributed by atoms with Gasteiger partial charge in [0.15, 0.2) is 0 Å². The minimum atomic E-state index is -0.708. The Morgan fingerprint density at radius 1 is 0.957 bits per heavy atom. The number of piperazine rings is 1. The summed E-state index contributed by atoms with van der Waals surface area (Å²) in [6, 6.07) is 17.6. The van der Waals surface area contributed by atoms with Gasteiger partial charge in [0.2, 0.25) is 17.7 Å². The van der Waals surface area contributed by atoms with Gasteiger partial charge in [0.05, 0.1) is 0 Å². The van der Waals surface area contributed by atoms with Crippen LogP contribution in [0.4, 0.5) is 5.69 Å². The third-order valence-corrected chi connectivity index (χ3v) is 9.05. The van der Waals surface area contributed by atoms with Crippen molar-refractivity contribution in [2.45, 2.75) is 70.0 Å². The van der Waals surface area contributed by atoms with Crippen molar-refractivity contribution in [2.75, 3.05) is 25.0 Å². The quantitative estimate of drug-likeness (QED) is 0.257. The lowest BCUT2D eigenvalue weighted by molar-refractivity contribution is -0.137. The lowest BCUT2D eigenvalue weighted by Gasteiger charge is -2.36. The normalized spacial score (nSPS) is 18.3. The zero-order chi connectivity index (χ0) is 32.5. The molecule has 46 heavy (non-hydrogen) atoms. The van der Waals surface area contributed by atoms with Gasteiger partial charge in [0.25, 0.3) is 5.91 Å². The molecule has 2 fully saturated rings. The van der Waals surface area contributed by atoms with Crippen molar-refractivity contribution >= 4 is 29.3 Å². The highest BCUT2D eigenvalue weighted by atomic mass is 16.2. The number of hydrogen-bond donors (Lipinski definition) is 4. The minimum Gasteiger partial charge on any atom is -0.344 e. The third-order valence-electron chi connectivity index (χ3n) is 9.05. The Balaban J connectivity index is 1.25. The first-order chi connectivity index (χ1) is 22.3. The number of benzene rings is 2. The predicted molar refractivity (Wildman–Crippen MR) is 176 cm³/mol. The van der Waals surface area contributed by atoms with E-state index in [0.717, 1.165) is 43.2 Å². The standard InChI is InChI=1S/C35H45N7O4/c1-3-31(43)39-28(35(46)42-21-20-36-29(23-42)25-10-6-4-7-11-25)22-24-14-16-27(17-15-24)38-34(45)32(26-12-8-5-9-13-26)40-33(44)30-18-19-37-41(30)2/h4,6-7,10-11,14-19,26,28-29,32,36H,3,5,8-9,12-13,20-23H2,1-2H3,(H,38,45)(H,39,43)(H,40,44)/t28?,29-,32?/m0/s1. The number of amides is 4. The molecule has 0 radical (unpaired) electrons. The van der Waals surface area contributed by atoms with Crippen LogP contribution in [0.5, 0.6) is 0 Å². The Bertz CT molecular complexity index is 1480. The van der Waals surface area contributed by atoms with Crippen molar-refractivity contribution in [1.29, 1.82) is 0 Å². The van der Waals surface area contributed by atoms with Crippen LogP contribution in [-0.4, -0.2) is 70.0 Å². The molecule has 4 N–H and O–H groups in total. The van der Waals surface area contributed by atoms with E-state index in [1.165, 1.54) is 4.68 Å². The monoisotopic (exact) mass is 627 g/mol. The maximum atomic E-state index is 13.7. The number of aryl methyl sites for hydroxylation is 1. The Morgan fingerprint density at radius 3 is 2.37 bits per heavy atom. The molecule has 0 spiro atoms. The van der Waals surface area contributed by atoms with Gasteiger partial charge in [-0.05, 0) is 48.1 Å². The molecule has 11 heteroatoms. The second kappa shape index (κ2) is 15.7. The Morgan fingerprint density at radius 2 is 1.70 bits per heavy atom. The largest absolute Gasteiger partial charge is 0.344 e. The minimum absolute atomic E-state index is 0.0238. The number of nitrogens with one attached hydrogen (secondary N) is 4. The van der Waals surface area contributed by atoms with Crippen LogP contribution in [0.2, 0.25) is 0 Å². The average molecular weight is 628 g/mol. The molecule has 1 saturated heterocycles. The van der Waals surface area contributed by atoms with E-state index in [4.69, 9.17) is 0 Å². The summed E-state index contributed by atoms with van der Waals surface area (Å²) in [4.78, 5) is 54.6. The maximum Gasteiger partial charge on any atom is 0.270 e. The zero-order valence-electron chi connectivity index (χ0n) is 26.7. The Kier molecular flexibility index (Phi) is 11.2. The van der Waals surface area contributed by atoms with Crippen molar-refractivity contribution in [2.24, 2.45) is 13.0 Å². The molecule has 1 aliphatic heterocycles. The van der Waals surface area contributed by atoms with Gasteiger partial charge in [-0.1, -0.05) is 68.7 Å². The lowest BCUT2D eigenvalue weighted by atomic mass is 9.83. The summed E-state index contributed by atoms with van der Waals surface area (Å²) in [5.74, 6) is -0.832. The fourth-order valence-electron chi connectivity index (χ4n) is 6.43. The highest BCUT2D eigenvalue weighted by molar-refractivity contribution is 6.00. The van der Waals surface area contributed by atoms with Crippen LogP contribution in [0.3, 0.4) is 0 Å². The highest BCUT2D eigenvalue weighted by Gasteiger charge is 2.33. The summed E-state index contributed by atoms with van der Waals surface area (Å²) in [6.07, 6.45) is 7.10. The van der Waals surface area contributed by atoms with Crippen molar-refractivity contribution in [3.63, 3.8) is 0 Å². The molecule has 2 unspecified atom stereocenters. The van der Waals surface area contributed by atoms with Gasteiger partial charge in [0, 0.05) is 57.4 Å². The van der Waals surface area contributed by atoms with Gasteiger partial charge in [-0.15, -0.1) is 0 Å². The molecule has 3 atom stereocenters. The second-order valence-electron chi connectivity index (χ2n) is 12.3. The molecule has 11 nitrogen and oxygen atoms in total. The van der Waals surface area contributed by atoms with Crippen LogP contribution in [-0.2, 0) is 27.9 Å². The molecule has 1 aromatic heterocycles. The summed E-state index contributed by atoms with van der Waals surface area (Å²) < 4.78 is 1.49. The van der Waals surface area contributed by atoms with Gasteiger partial charge >= 0.3 is 0 Å². The number of nitrogens with zero attached hydrogens (tertiary/aromatic N) is 3. The fraction of sp³-hybridized carbons (Fsp3) is 0.457. The average Bonchev–Trinajstić information content (AvgIpc) is 3.53. The van der Waals surface area contributed by atoms with E-state index >= 15 is 0 Å². The number of hydrogen-bond acceptors (Lipinski definition) is 6. The molecule has 2 aromatic carbocycles. The zero-order valence-corrected chi connectivity index (χ0v) is 26.7. The van der Waals surface area contributed by atoms with Crippen LogP contribution >= 0.6 is 0 Å². The molecule has 2 heterocycles.